The van der Waals surface area contributed by atoms with Gasteiger partial charge in [-0.15, -0.1) is 0 Å². The minimum absolute atomic E-state index is 0.229. The lowest BCUT2D eigenvalue weighted by Crippen LogP contribution is -2.50. The second-order valence-electron chi connectivity index (χ2n) is 5.41. The average molecular weight is 242 g/mol. The first-order valence-corrected chi connectivity index (χ1v) is 7.20. The molecule has 0 radical (unpaired) electrons. The first-order valence-electron chi connectivity index (χ1n) is 6.22. The van der Waals surface area contributed by atoms with Crippen LogP contribution in [0.1, 0.15) is 26.7 Å². The molecule has 0 aromatic heterocycles. The van der Waals surface area contributed by atoms with E-state index < -0.39 is 0 Å². The molecule has 0 saturated carbocycles. The van der Waals surface area contributed by atoms with Crippen molar-refractivity contribution >= 4 is 17.7 Å². The van der Waals surface area contributed by atoms with Crippen molar-refractivity contribution in [3.05, 3.63) is 0 Å². The molecule has 1 unspecified atom stereocenters. The Morgan fingerprint density at radius 1 is 1.50 bits per heavy atom. The van der Waals surface area contributed by atoms with Gasteiger partial charge in [-0.05, 0) is 33.2 Å². The van der Waals surface area contributed by atoms with Gasteiger partial charge in [0.1, 0.15) is 0 Å². The summed E-state index contributed by atoms with van der Waals surface area (Å²) in [6, 6.07) is 0. The molecule has 92 valence electrons. The highest BCUT2D eigenvalue weighted by molar-refractivity contribution is 8.00. The Labute approximate surface area is 102 Å². The van der Waals surface area contributed by atoms with Crippen LogP contribution in [0.2, 0.25) is 0 Å². The molecule has 0 spiro atoms. The fourth-order valence-corrected chi connectivity index (χ4v) is 3.64. The summed E-state index contributed by atoms with van der Waals surface area (Å²) in [6.07, 6.45) is 2.21. The maximum Gasteiger partial charge on any atom is 0.227 e. The first kappa shape index (κ1) is 12.2. The van der Waals surface area contributed by atoms with Crippen LogP contribution in [0.5, 0.6) is 0 Å². The molecule has 0 aliphatic carbocycles. The zero-order valence-corrected chi connectivity index (χ0v) is 11.1. The van der Waals surface area contributed by atoms with Crippen molar-refractivity contribution in [2.75, 3.05) is 31.9 Å². The van der Waals surface area contributed by atoms with Crippen molar-refractivity contribution in [1.82, 2.24) is 10.2 Å². The van der Waals surface area contributed by atoms with E-state index in [0.29, 0.717) is 5.91 Å². The summed E-state index contributed by atoms with van der Waals surface area (Å²) >= 11 is 1.98. The number of piperidine rings is 1. The van der Waals surface area contributed by atoms with Crippen LogP contribution in [0, 0.1) is 5.92 Å². The third-order valence-electron chi connectivity index (χ3n) is 3.38. The predicted molar refractivity (Wildman–Crippen MR) is 68.7 cm³/mol. The molecule has 0 aromatic rings. The second-order valence-corrected chi connectivity index (χ2v) is 7.21. The third kappa shape index (κ3) is 2.92. The van der Waals surface area contributed by atoms with Gasteiger partial charge in [0.2, 0.25) is 5.91 Å². The molecule has 2 aliphatic rings. The summed E-state index contributed by atoms with van der Waals surface area (Å²) in [4.78, 5) is 14.4. The van der Waals surface area contributed by atoms with Gasteiger partial charge in [0.15, 0.2) is 0 Å². The summed E-state index contributed by atoms with van der Waals surface area (Å²) in [6.45, 7) is 8.26. The second kappa shape index (κ2) is 4.96. The Hall–Kier alpha value is -0.220. The molecule has 4 heteroatoms. The van der Waals surface area contributed by atoms with Crippen LogP contribution >= 0.6 is 11.8 Å². The molecule has 1 N–H and O–H groups in total. The van der Waals surface area contributed by atoms with E-state index in [2.05, 4.69) is 24.1 Å². The molecule has 2 saturated heterocycles. The van der Waals surface area contributed by atoms with Crippen molar-refractivity contribution in [3.8, 4) is 0 Å². The highest BCUT2D eigenvalue weighted by Crippen LogP contribution is 2.30. The predicted octanol–water partition coefficient (Wildman–Crippen LogP) is 1.34. The van der Waals surface area contributed by atoms with Gasteiger partial charge in [-0.1, -0.05) is 0 Å². The lowest BCUT2D eigenvalue weighted by atomic mass is 9.97. The molecule has 0 bridgehead atoms. The number of rotatable bonds is 1. The molecular formula is C12H22N2OS. The SMILES string of the molecule is CC1(C)CN(C(=O)C2CCCNC2)CCS1. The molecule has 2 aliphatic heterocycles. The van der Waals surface area contributed by atoms with E-state index in [-0.39, 0.29) is 10.7 Å². The van der Waals surface area contributed by atoms with Crippen molar-refractivity contribution in [1.29, 1.82) is 0 Å². The quantitative estimate of drug-likeness (QED) is 0.753. The van der Waals surface area contributed by atoms with Crippen LogP contribution in [0.25, 0.3) is 0 Å². The molecule has 2 rings (SSSR count). The van der Waals surface area contributed by atoms with Crippen LogP contribution < -0.4 is 5.32 Å². The number of nitrogens with zero attached hydrogens (tertiary/aromatic N) is 1. The van der Waals surface area contributed by atoms with Crippen molar-refractivity contribution in [2.45, 2.75) is 31.4 Å². The van der Waals surface area contributed by atoms with Crippen molar-refractivity contribution < 1.29 is 4.79 Å². The molecule has 0 aromatic carbocycles. The molecule has 3 nitrogen and oxygen atoms in total. The first-order chi connectivity index (χ1) is 7.58. The van der Waals surface area contributed by atoms with Gasteiger partial charge < -0.3 is 10.2 Å². The van der Waals surface area contributed by atoms with Gasteiger partial charge in [-0.2, -0.15) is 11.8 Å². The maximum absolute atomic E-state index is 12.3. The monoisotopic (exact) mass is 242 g/mol. The summed E-state index contributed by atoms with van der Waals surface area (Å²) in [7, 11) is 0. The Balaban J connectivity index is 1.93. The highest BCUT2D eigenvalue weighted by atomic mass is 32.2. The van der Waals surface area contributed by atoms with E-state index in [1.165, 1.54) is 0 Å². The molecule has 16 heavy (non-hydrogen) atoms. The van der Waals surface area contributed by atoms with Gasteiger partial charge in [-0.25, -0.2) is 0 Å². The van der Waals surface area contributed by atoms with E-state index in [1.54, 1.807) is 0 Å². The smallest absolute Gasteiger partial charge is 0.227 e. The topological polar surface area (TPSA) is 32.3 Å². The Morgan fingerprint density at radius 3 is 2.94 bits per heavy atom. The minimum Gasteiger partial charge on any atom is -0.340 e. The lowest BCUT2D eigenvalue weighted by Gasteiger charge is -2.39. The molecule has 1 atom stereocenters. The van der Waals surface area contributed by atoms with Gasteiger partial charge in [0.05, 0.1) is 5.92 Å². The average Bonchev–Trinajstić information content (AvgIpc) is 2.28. The van der Waals surface area contributed by atoms with Crippen LogP contribution in [0.15, 0.2) is 0 Å². The third-order valence-corrected chi connectivity index (χ3v) is 4.68. The zero-order chi connectivity index (χ0) is 11.6. The molecule has 1 amide bonds. The summed E-state index contributed by atoms with van der Waals surface area (Å²) in [5, 5.41) is 3.32. The number of amides is 1. The van der Waals surface area contributed by atoms with E-state index in [9.17, 15) is 4.79 Å². The number of nitrogens with one attached hydrogen (secondary N) is 1. The van der Waals surface area contributed by atoms with Crippen LogP contribution in [-0.2, 0) is 4.79 Å². The fourth-order valence-electron chi connectivity index (χ4n) is 2.53. The van der Waals surface area contributed by atoms with Crippen molar-refractivity contribution in [3.63, 3.8) is 0 Å². The molecular weight excluding hydrogens is 220 g/mol. The number of carbonyl (C=O) groups excluding carboxylic acids is 1. The number of hydrogen-bond donors (Lipinski definition) is 1. The van der Waals surface area contributed by atoms with Crippen LogP contribution in [0.3, 0.4) is 0 Å². The Bertz CT molecular complexity index is 262. The standard InChI is InChI=1S/C12H22N2OS/c1-12(2)9-14(6-7-16-12)11(15)10-4-3-5-13-8-10/h10,13H,3-9H2,1-2H3. The molecule has 2 heterocycles. The normalized spacial score (nSPS) is 30.1. The minimum atomic E-state index is 0.229. The maximum atomic E-state index is 12.3. The van der Waals surface area contributed by atoms with Crippen molar-refractivity contribution in [2.24, 2.45) is 5.92 Å². The van der Waals surface area contributed by atoms with Gasteiger partial charge in [0.25, 0.3) is 0 Å². The van der Waals surface area contributed by atoms with E-state index >= 15 is 0 Å². The number of hydrogen-bond acceptors (Lipinski definition) is 3. The van der Waals surface area contributed by atoms with Gasteiger partial charge >= 0.3 is 0 Å². The van der Waals surface area contributed by atoms with Crippen LogP contribution in [-0.4, -0.2) is 47.5 Å². The summed E-state index contributed by atoms with van der Waals surface area (Å²) in [5.41, 5.74) is 0. The van der Waals surface area contributed by atoms with Gasteiger partial charge in [-0.3, -0.25) is 4.79 Å². The zero-order valence-electron chi connectivity index (χ0n) is 10.3. The van der Waals surface area contributed by atoms with Crippen LogP contribution in [0.4, 0.5) is 0 Å². The van der Waals surface area contributed by atoms with E-state index in [1.807, 2.05) is 11.8 Å². The molecule has 2 fully saturated rings. The number of carbonyl (C=O) groups is 1. The van der Waals surface area contributed by atoms with E-state index in [0.717, 1.165) is 44.8 Å². The number of thioether (sulfide) groups is 1. The fraction of sp³-hybridized carbons (Fsp3) is 0.917. The van der Waals surface area contributed by atoms with Gasteiger partial charge in [0, 0.05) is 30.1 Å². The highest BCUT2D eigenvalue weighted by Gasteiger charge is 2.33. The Morgan fingerprint density at radius 2 is 2.31 bits per heavy atom. The Kier molecular flexibility index (Phi) is 3.80. The largest absolute Gasteiger partial charge is 0.340 e. The lowest BCUT2D eigenvalue weighted by molar-refractivity contribution is -0.136. The summed E-state index contributed by atoms with van der Waals surface area (Å²) in [5.74, 6) is 1.69. The summed E-state index contributed by atoms with van der Waals surface area (Å²) < 4.78 is 0.232. The van der Waals surface area contributed by atoms with E-state index in [4.69, 9.17) is 0 Å².